The molecule has 8 nitrogen and oxygen atoms in total. The number of carboxylic acids is 1. The third kappa shape index (κ3) is 5.36. The number of imide groups is 1. The molecule has 0 saturated heterocycles. The fraction of sp³-hybridized carbons (Fsp3) is 0.500. The van der Waals surface area contributed by atoms with Gasteiger partial charge in [-0.25, -0.2) is 13.1 Å². The van der Waals surface area contributed by atoms with Gasteiger partial charge in [-0.1, -0.05) is 31.9 Å². The van der Waals surface area contributed by atoms with Crippen LogP contribution in [0.25, 0.3) is 0 Å². The van der Waals surface area contributed by atoms with Crippen LogP contribution in [-0.4, -0.2) is 54.5 Å². The molecule has 0 aromatic heterocycles. The molecule has 2 rings (SSSR count). The second-order valence-corrected chi connectivity index (χ2v) is 8.36. The number of hydrogen-bond acceptors (Lipinski definition) is 5. The number of nitrogens with zero attached hydrogens (tertiary/aromatic N) is 1. The molecule has 1 aliphatic heterocycles. The number of carboxylic acid groups (broad SMARTS) is 1. The predicted octanol–water partition coefficient (Wildman–Crippen LogP) is 1.63. The second kappa shape index (κ2) is 9.09. The molecule has 0 spiro atoms. The minimum Gasteiger partial charge on any atom is -0.480 e. The minimum atomic E-state index is -3.75. The number of unbranched alkanes of at least 4 members (excludes halogenated alkanes) is 2. The van der Waals surface area contributed by atoms with Crippen molar-refractivity contribution in [2.75, 3.05) is 12.3 Å². The van der Waals surface area contributed by atoms with E-state index in [1.54, 1.807) is 24.3 Å². The first-order valence-corrected chi connectivity index (χ1v) is 10.6. The summed E-state index contributed by atoms with van der Waals surface area (Å²) in [6.07, 6.45) is 2.15. The van der Waals surface area contributed by atoms with Gasteiger partial charge in [-0.05, 0) is 31.4 Å². The maximum Gasteiger partial charge on any atom is 0.321 e. The van der Waals surface area contributed by atoms with Crippen molar-refractivity contribution in [3.8, 4) is 0 Å². The van der Waals surface area contributed by atoms with Gasteiger partial charge in [-0.3, -0.25) is 19.3 Å². The van der Waals surface area contributed by atoms with Gasteiger partial charge in [0.25, 0.3) is 11.8 Å². The number of hydrogen-bond donors (Lipinski definition) is 2. The molecule has 2 N–H and O–H groups in total. The molecule has 0 bridgehead atoms. The molecule has 0 aliphatic carbocycles. The van der Waals surface area contributed by atoms with Crippen LogP contribution in [0.5, 0.6) is 0 Å². The molecule has 2 amide bonds. The first-order valence-electron chi connectivity index (χ1n) is 8.95. The number of sulfonamides is 1. The fourth-order valence-corrected chi connectivity index (χ4v) is 4.28. The normalized spacial score (nSPS) is 15.1. The van der Waals surface area contributed by atoms with Crippen LogP contribution in [0, 0.1) is 0 Å². The van der Waals surface area contributed by atoms with E-state index in [1.165, 1.54) is 0 Å². The summed E-state index contributed by atoms with van der Waals surface area (Å²) in [5, 5.41) is 9.11. The van der Waals surface area contributed by atoms with Crippen LogP contribution >= 0.6 is 0 Å². The molecule has 9 heteroatoms. The first kappa shape index (κ1) is 21.0. The molecule has 1 aromatic carbocycles. The standard InChI is InChI=1S/C18H24N2O6S/c1-2-3-10-15(18(23)24)19-27(25,26)12-7-6-11-20-16(21)13-8-4-5-9-14(13)17(20)22/h4-5,8-9,15,19H,2-3,6-7,10-12H2,1H3,(H,23,24). The number of carbonyl (C=O) groups excluding carboxylic acids is 2. The van der Waals surface area contributed by atoms with E-state index in [2.05, 4.69) is 4.72 Å². The number of rotatable bonds is 11. The Morgan fingerprint density at radius 3 is 2.22 bits per heavy atom. The summed E-state index contributed by atoms with van der Waals surface area (Å²) < 4.78 is 26.4. The van der Waals surface area contributed by atoms with Crippen molar-refractivity contribution in [2.24, 2.45) is 0 Å². The quantitative estimate of drug-likeness (QED) is 0.433. The molecule has 1 heterocycles. The number of fused-ring (bicyclic) bond motifs is 1. The van der Waals surface area contributed by atoms with Crippen LogP contribution in [0.4, 0.5) is 0 Å². The van der Waals surface area contributed by atoms with Crippen LogP contribution < -0.4 is 4.72 Å². The van der Waals surface area contributed by atoms with Crippen molar-refractivity contribution in [1.29, 1.82) is 0 Å². The summed E-state index contributed by atoms with van der Waals surface area (Å²) in [6.45, 7) is 2.02. The summed E-state index contributed by atoms with van der Waals surface area (Å²) in [4.78, 5) is 36.7. The molecule has 0 radical (unpaired) electrons. The Morgan fingerprint density at radius 2 is 1.70 bits per heavy atom. The highest BCUT2D eigenvalue weighted by Gasteiger charge is 2.34. The van der Waals surface area contributed by atoms with Crippen molar-refractivity contribution in [3.63, 3.8) is 0 Å². The molecule has 1 atom stereocenters. The Bertz CT molecular complexity index is 786. The zero-order valence-electron chi connectivity index (χ0n) is 15.2. The Morgan fingerprint density at radius 1 is 1.11 bits per heavy atom. The second-order valence-electron chi connectivity index (χ2n) is 6.48. The smallest absolute Gasteiger partial charge is 0.321 e. The van der Waals surface area contributed by atoms with Gasteiger partial charge in [0.1, 0.15) is 6.04 Å². The summed E-state index contributed by atoms with van der Waals surface area (Å²) in [5.41, 5.74) is 0.717. The number of benzene rings is 1. The van der Waals surface area contributed by atoms with Gasteiger partial charge in [-0.15, -0.1) is 0 Å². The molecule has 0 saturated carbocycles. The number of aliphatic carboxylic acids is 1. The van der Waals surface area contributed by atoms with Gasteiger partial charge in [0.05, 0.1) is 16.9 Å². The lowest BCUT2D eigenvalue weighted by Gasteiger charge is -2.15. The van der Waals surface area contributed by atoms with Crippen molar-refractivity contribution in [3.05, 3.63) is 35.4 Å². The van der Waals surface area contributed by atoms with Crippen molar-refractivity contribution in [1.82, 2.24) is 9.62 Å². The molecule has 148 valence electrons. The van der Waals surface area contributed by atoms with Gasteiger partial charge in [-0.2, -0.15) is 0 Å². The lowest BCUT2D eigenvalue weighted by molar-refractivity contribution is -0.139. The average molecular weight is 396 g/mol. The molecule has 1 unspecified atom stereocenters. The van der Waals surface area contributed by atoms with Crippen molar-refractivity contribution >= 4 is 27.8 Å². The Hall–Kier alpha value is -2.26. The lowest BCUT2D eigenvalue weighted by atomic mass is 10.1. The third-order valence-corrected chi connectivity index (χ3v) is 5.86. The maximum absolute atomic E-state index is 12.2. The molecule has 0 fully saturated rings. The highest BCUT2D eigenvalue weighted by atomic mass is 32.2. The summed E-state index contributed by atoms with van der Waals surface area (Å²) in [6, 6.07) is 5.41. The van der Waals surface area contributed by atoms with E-state index in [0.29, 0.717) is 24.0 Å². The lowest BCUT2D eigenvalue weighted by Crippen LogP contribution is -2.41. The summed E-state index contributed by atoms with van der Waals surface area (Å²) >= 11 is 0. The van der Waals surface area contributed by atoms with E-state index in [0.717, 1.165) is 11.3 Å². The molecular weight excluding hydrogens is 372 g/mol. The van der Waals surface area contributed by atoms with Crippen LogP contribution in [0.15, 0.2) is 24.3 Å². The van der Waals surface area contributed by atoms with Crippen molar-refractivity contribution < 1.29 is 27.9 Å². The SMILES string of the molecule is CCCCC(NS(=O)(=O)CCCCN1C(=O)c2ccccc2C1=O)C(=O)O. The molecule has 27 heavy (non-hydrogen) atoms. The van der Waals surface area contributed by atoms with Crippen LogP contribution in [0.3, 0.4) is 0 Å². The summed E-state index contributed by atoms with van der Waals surface area (Å²) in [7, 11) is -3.75. The van der Waals surface area contributed by atoms with Crippen LogP contribution in [0.1, 0.15) is 59.7 Å². The number of amides is 2. The van der Waals surface area contributed by atoms with Gasteiger partial charge < -0.3 is 5.11 Å². The predicted molar refractivity (Wildman–Crippen MR) is 98.9 cm³/mol. The zero-order valence-corrected chi connectivity index (χ0v) is 16.0. The Balaban J connectivity index is 1.83. The van der Waals surface area contributed by atoms with Gasteiger partial charge in [0.2, 0.25) is 10.0 Å². The number of nitrogens with one attached hydrogen (secondary N) is 1. The Labute approximate surface area is 158 Å². The fourth-order valence-electron chi connectivity index (χ4n) is 2.92. The first-order chi connectivity index (χ1) is 12.8. The van der Waals surface area contributed by atoms with Gasteiger partial charge in [0.15, 0.2) is 0 Å². The van der Waals surface area contributed by atoms with Gasteiger partial charge in [0, 0.05) is 6.54 Å². The van der Waals surface area contributed by atoms with E-state index >= 15 is 0 Å². The zero-order chi connectivity index (χ0) is 20.0. The minimum absolute atomic E-state index is 0.125. The van der Waals surface area contributed by atoms with E-state index in [1.807, 2.05) is 6.92 Å². The van der Waals surface area contributed by atoms with E-state index in [4.69, 9.17) is 5.11 Å². The van der Waals surface area contributed by atoms with E-state index in [-0.39, 0.29) is 37.0 Å². The summed E-state index contributed by atoms with van der Waals surface area (Å²) in [5.74, 6) is -2.20. The van der Waals surface area contributed by atoms with E-state index < -0.39 is 22.0 Å². The van der Waals surface area contributed by atoms with Crippen LogP contribution in [-0.2, 0) is 14.8 Å². The largest absolute Gasteiger partial charge is 0.480 e. The van der Waals surface area contributed by atoms with Crippen LogP contribution in [0.2, 0.25) is 0 Å². The highest BCUT2D eigenvalue weighted by Crippen LogP contribution is 2.22. The Kier molecular flexibility index (Phi) is 7.09. The molecule has 1 aliphatic rings. The highest BCUT2D eigenvalue weighted by molar-refractivity contribution is 7.89. The van der Waals surface area contributed by atoms with Crippen molar-refractivity contribution in [2.45, 2.75) is 45.1 Å². The monoisotopic (exact) mass is 396 g/mol. The molecule has 1 aromatic rings. The maximum atomic E-state index is 12.2. The topological polar surface area (TPSA) is 121 Å². The average Bonchev–Trinajstić information content (AvgIpc) is 2.87. The van der Waals surface area contributed by atoms with Gasteiger partial charge >= 0.3 is 5.97 Å². The third-order valence-electron chi connectivity index (χ3n) is 4.39. The number of carbonyl (C=O) groups is 3. The van der Waals surface area contributed by atoms with E-state index in [9.17, 15) is 22.8 Å². The molecular formula is C18H24N2O6S.